The molecule has 2 atom stereocenters. The molecular formula is C60H45N5. The summed E-state index contributed by atoms with van der Waals surface area (Å²) in [7, 11) is 0. The summed E-state index contributed by atoms with van der Waals surface area (Å²) in [5.74, 6) is 1.97. The van der Waals surface area contributed by atoms with Gasteiger partial charge in [-0.15, -0.1) is 0 Å². The predicted octanol–water partition coefficient (Wildman–Crippen LogP) is 14.3. The Morgan fingerprint density at radius 2 is 1.09 bits per heavy atom. The molecule has 2 aliphatic carbocycles. The van der Waals surface area contributed by atoms with Gasteiger partial charge < -0.3 is 14.5 Å². The second-order valence-corrected chi connectivity index (χ2v) is 18.2. The Labute approximate surface area is 378 Å². The van der Waals surface area contributed by atoms with E-state index in [1.807, 2.05) is 0 Å². The van der Waals surface area contributed by atoms with Crippen molar-refractivity contribution in [2.75, 3.05) is 0 Å². The molecule has 1 aliphatic heterocycles. The minimum atomic E-state index is -0.459. The van der Waals surface area contributed by atoms with Crippen molar-refractivity contribution >= 4 is 55.3 Å². The lowest BCUT2D eigenvalue weighted by molar-refractivity contribution is 0.661. The van der Waals surface area contributed by atoms with Crippen molar-refractivity contribution in [1.82, 2.24) is 14.5 Å². The Morgan fingerprint density at radius 3 is 1.78 bits per heavy atom. The third-order valence-corrected chi connectivity index (χ3v) is 14.1. The van der Waals surface area contributed by atoms with Gasteiger partial charge in [0, 0.05) is 55.4 Å². The van der Waals surface area contributed by atoms with Crippen LogP contribution < -0.4 is 5.32 Å². The lowest BCUT2D eigenvalue weighted by atomic mass is 9.82. The second-order valence-electron chi connectivity index (χ2n) is 18.2. The van der Waals surface area contributed by atoms with Gasteiger partial charge in [0.15, 0.2) is 6.17 Å². The van der Waals surface area contributed by atoms with E-state index >= 15 is 0 Å². The molecule has 2 aromatic heterocycles. The van der Waals surface area contributed by atoms with Gasteiger partial charge in [-0.3, -0.25) is 0 Å². The summed E-state index contributed by atoms with van der Waals surface area (Å²) in [4.78, 5) is 10.7. The van der Waals surface area contributed by atoms with Crippen LogP contribution in [0.5, 0.6) is 0 Å². The maximum Gasteiger partial charge on any atom is 0.169 e. The summed E-state index contributed by atoms with van der Waals surface area (Å²) in [6.45, 7) is 4.71. The number of fused-ring (bicyclic) bond motifs is 9. The molecule has 1 N–H and O–H groups in total. The number of aromatic nitrogens is 2. The first-order valence-corrected chi connectivity index (χ1v) is 22.7. The highest BCUT2D eigenvalue weighted by atomic mass is 15.2. The minimum absolute atomic E-state index is 0.0980. The van der Waals surface area contributed by atoms with Crippen LogP contribution in [0.25, 0.3) is 66.1 Å². The first-order valence-electron chi connectivity index (χ1n) is 22.7. The van der Waals surface area contributed by atoms with Crippen LogP contribution in [0, 0.1) is 0 Å². The summed E-state index contributed by atoms with van der Waals surface area (Å²) >= 11 is 0. The molecule has 310 valence electrons. The highest BCUT2D eigenvalue weighted by Crippen LogP contribution is 2.51. The van der Waals surface area contributed by atoms with Gasteiger partial charge in [0.1, 0.15) is 11.7 Å². The average Bonchev–Trinajstić information content (AvgIpc) is 3.96. The number of benzene rings is 8. The summed E-state index contributed by atoms with van der Waals surface area (Å²) in [6.07, 6.45) is 9.35. The number of para-hydroxylation sites is 3. The van der Waals surface area contributed by atoms with Crippen molar-refractivity contribution < 1.29 is 0 Å². The summed E-state index contributed by atoms with van der Waals surface area (Å²) in [5.41, 5.74) is 16.6. The molecule has 10 aromatic rings. The number of allylic oxidation sites excluding steroid dienone is 4. The van der Waals surface area contributed by atoms with Crippen molar-refractivity contribution in [1.29, 1.82) is 0 Å². The molecule has 0 fully saturated rings. The molecule has 8 aromatic carbocycles. The molecule has 0 amide bonds. The van der Waals surface area contributed by atoms with Crippen LogP contribution in [0.15, 0.2) is 216 Å². The number of rotatable bonds is 6. The minimum Gasteiger partial charge on any atom is -0.324 e. The highest BCUT2D eigenvalue weighted by molar-refractivity contribution is 6.16. The Kier molecular flexibility index (Phi) is 8.38. The average molecular weight is 836 g/mol. The summed E-state index contributed by atoms with van der Waals surface area (Å²) in [5, 5.41) is 8.70. The van der Waals surface area contributed by atoms with E-state index in [0.717, 1.165) is 46.2 Å². The Balaban J connectivity index is 0.918. The molecule has 5 nitrogen and oxygen atoms in total. The first-order chi connectivity index (χ1) is 32.0. The largest absolute Gasteiger partial charge is 0.324 e. The van der Waals surface area contributed by atoms with Gasteiger partial charge in [-0.05, 0) is 94.4 Å². The second kappa shape index (κ2) is 14.5. The Morgan fingerprint density at radius 1 is 0.477 bits per heavy atom. The fourth-order valence-electron chi connectivity index (χ4n) is 10.8. The molecule has 3 aliphatic rings. The van der Waals surface area contributed by atoms with E-state index in [9.17, 15) is 0 Å². The fourth-order valence-corrected chi connectivity index (χ4v) is 10.8. The molecule has 5 heteroatoms. The monoisotopic (exact) mass is 835 g/mol. The Hall–Kier alpha value is -8.02. The van der Waals surface area contributed by atoms with Crippen LogP contribution in [0.4, 0.5) is 0 Å². The molecular weight excluding hydrogens is 791 g/mol. The summed E-state index contributed by atoms with van der Waals surface area (Å²) < 4.78 is 4.79. The van der Waals surface area contributed by atoms with E-state index in [4.69, 9.17) is 9.98 Å². The Bertz CT molecular complexity index is 3630. The zero-order chi connectivity index (χ0) is 43.2. The lowest BCUT2D eigenvalue weighted by Crippen LogP contribution is -2.36. The number of hydrogen-bond acceptors (Lipinski definition) is 3. The van der Waals surface area contributed by atoms with Crippen LogP contribution in [-0.4, -0.2) is 20.8 Å². The third-order valence-electron chi connectivity index (χ3n) is 14.1. The molecule has 65 heavy (non-hydrogen) atoms. The fraction of sp³-hybridized carbons (Fsp3) is 0.100. The van der Waals surface area contributed by atoms with Crippen molar-refractivity contribution in [2.24, 2.45) is 9.98 Å². The molecule has 0 bridgehead atoms. The highest BCUT2D eigenvalue weighted by Gasteiger charge is 2.36. The van der Waals surface area contributed by atoms with Crippen LogP contribution in [0.3, 0.4) is 0 Å². The number of aliphatic imine (C=N–C) groups is 2. The van der Waals surface area contributed by atoms with Crippen molar-refractivity contribution in [3.05, 3.63) is 240 Å². The number of nitrogens with zero attached hydrogens (tertiary/aromatic N) is 4. The van der Waals surface area contributed by atoms with Crippen molar-refractivity contribution in [2.45, 2.75) is 37.8 Å². The van der Waals surface area contributed by atoms with Gasteiger partial charge in [0.25, 0.3) is 0 Å². The molecule has 0 spiro atoms. The zero-order valence-corrected chi connectivity index (χ0v) is 36.3. The first kappa shape index (κ1) is 37.5. The normalized spacial score (nSPS) is 17.3. The van der Waals surface area contributed by atoms with E-state index < -0.39 is 6.17 Å². The molecule has 3 heterocycles. The van der Waals surface area contributed by atoms with Crippen LogP contribution >= 0.6 is 0 Å². The molecule has 0 radical (unpaired) electrons. The van der Waals surface area contributed by atoms with E-state index in [0.29, 0.717) is 5.92 Å². The topological polar surface area (TPSA) is 46.6 Å². The van der Waals surface area contributed by atoms with Crippen molar-refractivity contribution in [3.8, 4) is 22.5 Å². The van der Waals surface area contributed by atoms with Gasteiger partial charge in [-0.25, -0.2) is 9.98 Å². The molecule has 0 saturated heterocycles. The van der Waals surface area contributed by atoms with E-state index in [2.05, 4.69) is 235 Å². The van der Waals surface area contributed by atoms with E-state index in [-0.39, 0.29) is 5.41 Å². The SMILES string of the molecule is CC1(C)c2ccccc2-c2cc3c4ccccc4n(-c4ccc(C5N=C(c6ccc(C7C=CC=CC7)cc6)NC(c6cccc(-n7c8ccccc8c8ccccc87)c6)=N5)cc4)c3cc21. The maximum atomic E-state index is 5.39. The summed E-state index contributed by atoms with van der Waals surface area (Å²) in [6, 6.07) is 66.4. The van der Waals surface area contributed by atoms with Crippen LogP contribution in [0.1, 0.15) is 65.7 Å². The van der Waals surface area contributed by atoms with E-state index in [1.165, 1.54) is 71.4 Å². The number of nitrogens with one attached hydrogen (secondary N) is 1. The maximum absolute atomic E-state index is 5.39. The smallest absolute Gasteiger partial charge is 0.169 e. The molecule has 2 unspecified atom stereocenters. The van der Waals surface area contributed by atoms with Gasteiger partial charge in [-0.2, -0.15) is 0 Å². The van der Waals surface area contributed by atoms with E-state index in [1.54, 1.807) is 0 Å². The van der Waals surface area contributed by atoms with Crippen molar-refractivity contribution in [3.63, 3.8) is 0 Å². The zero-order valence-electron chi connectivity index (χ0n) is 36.3. The predicted molar refractivity (Wildman–Crippen MR) is 270 cm³/mol. The van der Waals surface area contributed by atoms with Gasteiger partial charge in [-0.1, -0.05) is 166 Å². The number of amidine groups is 2. The van der Waals surface area contributed by atoms with Crippen LogP contribution in [-0.2, 0) is 5.41 Å². The quantitative estimate of drug-likeness (QED) is 0.178. The standard InChI is InChI=1S/C60H45N5/c1-60(2)51-23-10-6-19-45(51)49-36-50-48-22-9-13-26-55(48)64(56(50)37-52(49)60)43-33-31-41(32-34-43)58-61-57(40-29-27-39(28-30-40)38-15-4-3-5-16-38)62-59(63-58)42-17-14-18-44(35-42)65-53-24-11-7-20-46(53)47-21-8-12-25-54(47)65/h3-15,17-38,58H,16H2,1-2H3,(H,61,62,63). The lowest BCUT2D eigenvalue weighted by Gasteiger charge is -2.23. The number of hydrogen-bond donors (Lipinski definition) is 1. The molecule has 0 saturated carbocycles. The third kappa shape index (κ3) is 5.92. The molecule has 13 rings (SSSR count). The van der Waals surface area contributed by atoms with Gasteiger partial charge in [0.2, 0.25) is 0 Å². The van der Waals surface area contributed by atoms with Gasteiger partial charge >= 0.3 is 0 Å². The van der Waals surface area contributed by atoms with Gasteiger partial charge in [0.05, 0.1) is 22.1 Å². The van der Waals surface area contributed by atoms with Crippen LogP contribution in [0.2, 0.25) is 0 Å².